The molecular formula is C8H11. The molecule has 8 heavy (non-hydrogen) atoms. The molecule has 43 valence electrons. The SMILES string of the molecule is C1[C]2CC3CC1C3C2. The van der Waals surface area contributed by atoms with Crippen LogP contribution in [0.5, 0.6) is 0 Å². The van der Waals surface area contributed by atoms with Crippen molar-refractivity contribution in [3.8, 4) is 0 Å². The Hall–Kier alpha value is 0. The molecule has 0 aromatic heterocycles. The molecule has 3 aliphatic rings. The van der Waals surface area contributed by atoms with Crippen molar-refractivity contribution in [2.75, 3.05) is 0 Å². The first-order chi connectivity index (χ1) is 3.93. The molecule has 2 bridgehead atoms. The zero-order valence-electron chi connectivity index (χ0n) is 5.06. The van der Waals surface area contributed by atoms with Crippen molar-refractivity contribution in [3.63, 3.8) is 0 Å². The van der Waals surface area contributed by atoms with Crippen LogP contribution in [0.25, 0.3) is 0 Å². The number of rotatable bonds is 0. The lowest BCUT2D eigenvalue weighted by molar-refractivity contribution is 0.100. The van der Waals surface area contributed by atoms with Crippen LogP contribution < -0.4 is 0 Å². The molecule has 0 amide bonds. The summed E-state index contributed by atoms with van der Waals surface area (Å²) in [6.07, 6.45) is 6.19. The molecule has 0 saturated heterocycles. The van der Waals surface area contributed by atoms with Crippen LogP contribution in [0.15, 0.2) is 0 Å². The summed E-state index contributed by atoms with van der Waals surface area (Å²) in [4.78, 5) is 0. The third-order valence-corrected chi connectivity index (χ3v) is 3.44. The Morgan fingerprint density at radius 2 is 1.75 bits per heavy atom. The quantitative estimate of drug-likeness (QED) is 0.444. The molecule has 3 rings (SSSR count). The molecule has 0 nitrogen and oxygen atoms in total. The van der Waals surface area contributed by atoms with E-state index in [1.807, 2.05) is 5.92 Å². The summed E-state index contributed by atoms with van der Waals surface area (Å²) in [5, 5.41) is 0. The maximum atomic E-state index is 1.91. The van der Waals surface area contributed by atoms with Crippen molar-refractivity contribution in [3.05, 3.63) is 5.92 Å². The van der Waals surface area contributed by atoms with E-state index in [-0.39, 0.29) is 0 Å². The van der Waals surface area contributed by atoms with Gasteiger partial charge in [0.2, 0.25) is 0 Å². The lowest BCUT2D eigenvalue weighted by atomic mass is 9.64. The van der Waals surface area contributed by atoms with Crippen LogP contribution in [0, 0.1) is 23.7 Å². The van der Waals surface area contributed by atoms with Gasteiger partial charge in [-0.25, -0.2) is 0 Å². The smallest absolute Gasteiger partial charge is 0.0232 e. The second-order valence-electron chi connectivity index (χ2n) is 3.78. The fourth-order valence-electron chi connectivity index (χ4n) is 3.06. The lowest BCUT2D eigenvalue weighted by Crippen LogP contribution is -2.32. The predicted octanol–water partition coefficient (Wildman–Crippen LogP) is 2.01. The average Bonchev–Trinajstić information content (AvgIpc) is 2.23. The van der Waals surface area contributed by atoms with Crippen molar-refractivity contribution in [1.29, 1.82) is 0 Å². The summed E-state index contributed by atoms with van der Waals surface area (Å²) in [5.41, 5.74) is 0. The molecule has 1 radical (unpaired) electrons. The summed E-state index contributed by atoms with van der Waals surface area (Å²) < 4.78 is 0. The third kappa shape index (κ3) is 0.260. The fraction of sp³-hybridized carbons (Fsp3) is 0.875. The normalized spacial score (nSPS) is 59.2. The number of hydrogen-bond donors (Lipinski definition) is 0. The summed E-state index contributed by atoms with van der Waals surface area (Å²) in [5.74, 6) is 5.48. The molecule has 0 aromatic rings. The van der Waals surface area contributed by atoms with Crippen molar-refractivity contribution in [1.82, 2.24) is 0 Å². The zero-order chi connectivity index (χ0) is 5.14. The van der Waals surface area contributed by atoms with Gasteiger partial charge in [0.25, 0.3) is 0 Å². The van der Waals surface area contributed by atoms with Crippen LogP contribution in [0.4, 0.5) is 0 Å². The second kappa shape index (κ2) is 0.984. The van der Waals surface area contributed by atoms with Crippen LogP contribution >= 0.6 is 0 Å². The van der Waals surface area contributed by atoms with E-state index in [1.54, 1.807) is 6.42 Å². The Kier molecular flexibility index (Phi) is 0.482. The van der Waals surface area contributed by atoms with E-state index in [0.29, 0.717) is 0 Å². The maximum Gasteiger partial charge on any atom is -0.0232 e. The minimum absolute atomic E-state index is 1.18. The first kappa shape index (κ1) is 3.92. The zero-order valence-corrected chi connectivity index (χ0v) is 5.06. The highest BCUT2D eigenvalue weighted by atomic mass is 14.6. The topological polar surface area (TPSA) is 0 Å². The van der Waals surface area contributed by atoms with E-state index < -0.39 is 0 Å². The van der Waals surface area contributed by atoms with Crippen molar-refractivity contribution in [2.24, 2.45) is 17.8 Å². The van der Waals surface area contributed by atoms with Crippen molar-refractivity contribution >= 4 is 0 Å². The van der Waals surface area contributed by atoms with Gasteiger partial charge in [-0.1, -0.05) is 0 Å². The van der Waals surface area contributed by atoms with E-state index in [1.165, 1.54) is 37.0 Å². The molecule has 0 aromatic carbocycles. The predicted molar refractivity (Wildman–Crippen MR) is 32.2 cm³/mol. The summed E-state index contributed by atoms with van der Waals surface area (Å²) in [7, 11) is 0. The van der Waals surface area contributed by atoms with Crippen molar-refractivity contribution in [2.45, 2.75) is 25.7 Å². The highest BCUT2D eigenvalue weighted by Crippen LogP contribution is 2.64. The molecule has 3 aliphatic carbocycles. The van der Waals surface area contributed by atoms with E-state index in [4.69, 9.17) is 0 Å². The molecule has 2 unspecified atom stereocenters. The first-order valence-electron chi connectivity index (χ1n) is 3.77. The molecule has 0 aliphatic heterocycles. The third-order valence-electron chi connectivity index (χ3n) is 3.44. The van der Waals surface area contributed by atoms with Gasteiger partial charge in [0, 0.05) is 0 Å². The minimum Gasteiger partial charge on any atom is -0.0470 e. The van der Waals surface area contributed by atoms with Gasteiger partial charge in [0.15, 0.2) is 0 Å². The van der Waals surface area contributed by atoms with Crippen LogP contribution in [0.2, 0.25) is 0 Å². The van der Waals surface area contributed by atoms with E-state index in [9.17, 15) is 0 Å². The largest absolute Gasteiger partial charge is 0.0470 e. The van der Waals surface area contributed by atoms with Gasteiger partial charge < -0.3 is 0 Å². The Bertz CT molecular complexity index is 113. The summed E-state index contributed by atoms with van der Waals surface area (Å²) in [6.45, 7) is 0. The van der Waals surface area contributed by atoms with E-state index >= 15 is 0 Å². The van der Waals surface area contributed by atoms with Gasteiger partial charge in [-0.05, 0) is 49.4 Å². The van der Waals surface area contributed by atoms with Gasteiger partial charge in [-0.15, -0.1) is 0 Å². The second-order valence-corrected chi connectivity index (χ2v) is 3.78. The molecule has 3 saturated carbocycles. The Morgan fingerprint density at radius 1 is 1.00 bits per heavy atom. The summed E-state index contributed by atoms with van der Waals surface area (Å²) >= 11 is 0. The summed E-state index contributed by atoms with van der Waals surface area (Å²) in [6, 6.07) is 0. The first-order valence-corrected chi connectivity index (χ1v) is 3.77. The molecule has 0 heteroatoms. The van der Waals surface area contributed by atoms with E-state index in [0.717, 1.165) is 0 Å². The van der Waals surface area contributed by atoms with Gasteiger partial charge >= 0.3 is 0 Å². The fourth-order valence-corrected chi connectivity index (χ4v) is 3.06. The van der Waals surface area contributed by atoms with Gasteiger partial charge in [-0.3, -0.25) is 0 Å². The number of hydrogen-bond acceptors (Lipinski definition) is 0. The van der Waals surface area contributed by atoms with Gasteiger partial charge in [-0.2, -0.15) is 0 Å². The lowest BCUT2D eigenvalue weighted by Gasteiger charge is -2.41. The highest BCUT2D eigenvalue weighted by molar-refractivity contribution is 5.17. The van der Waals surface area contributed by atoms with Crippen LogP contribution in [-0.2, 0) is 0 Å². The van der Waals surface area contributed by atoms with Crippen LogP contribution in [-0.4, -0.2) is 0 Å². The van der Waals surface area contributed by atoms with Crippen LogP contribution in [0.3, 0.4) is 0 Å². The Morgan fingerprint density at radius 3 is 2.00 bits per heavy atom. The van der Waals surface area contributed by atoms with Gasteiger partial charge in [0.1, 0.15) is 0 Å². The molecule has 2 atom stereocenters. The minimum atomic E-state index is 1.18. The van der Waals surface area contributed by atoms with Crippen molar-refractivity contribution < 1.29 is 0 Å². The van der Waals surface area contributed by atoms with Crippen LogP contribution in [0.1, 0.15) is 25.7 Å². The molecule has 3 fully saturated rings. The number of fused-ring (bicyclic) bond motifs is 1. The van der Waals surface area contributed by atoms with E-state index in [2.05, 4.69) is 0 Å². The molecular weight excluding hydrogens is 96.1 g/mol. The van der Waals surface area contributed by atoms with Gasteiger partial charge in [0.05, 0.1) is 0 Å². The standard InChI is InChI=1S/C8H11/c1-5-2-7-4-6(1)8(7)3-5/h6-8H,1-4H2. The highest BCUT2D eigenvalue weighted by Gasteiger charge is 2.54. The maximum absolute atomic E-state index is 1.91. The Labute approximate surface area is 50.3 Å². The monoisotopic (exact) mass is 107 g/mol. The molecule has 0 N–H and O–H groups in total. The molecule has 0 spiro atoms. The average molecular weight is 107 g/mol. The molecule has 0 heterocycles. The Balaban J connectivity index is 2.03.